The molecule has 0 aliphatic carbocycles. The number of aliphatic hydroxyl groups excluding tert-OH is 1. The van der Waals surface area contributed by atoms with Gasteiger partial charge in [-0.2, -0.15) is 0 Å². The van der Waals surface area contributed by atoms with Crippen molar-refractivity contribution in [3.8, 4) is 0 Å². The summed E-state index contributed by atoms with van der Waals surface area (Å²) in [6.07, 6.45) is 1.81. The van der Waals surface area contributed by atoms with E-state index in [1.54, 1.807) is 0 Å². The molecule has 0 radical (unpaired) electrons. The van der Waals surface area contributed by atoms with E-state index in [-0.39, 0.29) is 6.61 Å². The molecule has 0 aromatic heterocycles. The summed E-state index contributed by atoms with van der Waals surface area (Å²) in [7, 11) is 4.06. The third-order valence-electron chi connectivity index (χ3n) is 2.08. The van der Waals surface area contributed by atoms with E-state index in [0.29, 0.717) is 0 Å². The van der Waals surface area contributed by atoms with Crippen LogP contribution < -0.4 is 4.90 Å². The Hall–Kier alpha value is -1.02. The predicted octanol–water partition coefficient (Wildman–Crippen LogP) is 1.68. The van der Waals surface area contributed by atoms with Gasteiger partial charge in [-0.15, -0.1) is 0 Å². The highest BCUT2D eigenvalue weighted by Gasteiger charge is 1.95. The fourth-order valence-electron chi connectivity index (χ4n) is 1.24. The maximum Gasteiger partial charge on any atom is 0.0434 e. The minimum absolute atomic E-state index is 0.273. The average molecular weight is 179 g/mol. The van der Waals surface area contributed by atoms with E-state index in [0.717, 1.165) is 12.8 Å². The maximum absolute atomic E-state index is 8.66. The Bertz CT molecular complexity index is 241. The molecule has 0 unspecified atom stereocenters. The van der Waals surface area contributed by atoms with Crippen molar-refractivity contribution in [2.45, 2.75) is 12.8 Å². The molecule has 13 heavy (non-hydrogen) atoms. The number of aliphatic hydroxyl groups is 1. The molecule has 72 valence electrons. The lowest BCUT2D eigenvalue weighted by Gasteiger charge is -2.12. The quantitative estimate of drug-likeness (QED) is 0.760. The first-order chi connectivity index (χ1) is 6.24. The van der Waals surface area contributed by atoms with E-state index in [4.69, 9.17) is 5.11 Å². The molecule has 1 aromatic carbocycles. The van der Waals surface area contributed by atoms with Crippen LogP contribution in [0.25, 0.3) is 0 Å². The van der Waals surface area contributed by atoms with Crippen molar-refractivity contribution in [1.82, 2.24) is 0 Å². The number of anilines is 1. The molecule has 2 nitrogen and oxygen atoms in total. The third kappa shape index (κ3) is 3.07. The minimum atomic E-state index is 0.273. The van der Waals surface area contributed by atoms with Crippen molar-refractivity contribution in [3.63, 3.8) is 0 Å². The van der Waals surface area contributed by atoms with Crippen molar-refractivity contribution in [3.05, 3.63) is 29.8 Å². The molecule has 2 heteroatoms. The number of rotatable bonds is 4. The second-order valence-electron chi connectivity index (χ2n) is 3.39. The predicted molar refractivity (Wildman–Crippen MR) is 56.2 cm³/mol. The Morgan fingerprint density at radius 3 is 2.23 bits per heavy atom. The number of benzene rings is 1. The molecule has 0 bridgehead atoms. The summed E-state index contributed by atoms with van der Waals surface area (Å²) >= 11 is 0. The second kappa shape index (κ2) is 4.87. The van der Waals surface area contributed by atoms with Gasteiger partial charge in [0.25, 0.3) is 0 Å². The first kappa shape index (κ1) is 10.1. The van der Waals surface area contributed by atoms with Crippen LogP contribution in [0.5, 0.6) is 0 Å². The molecule has 0 aliphatic heterocycles. The van der Waals surface area contributed by atoms with Crippen LogP contribution in [0.2, 0.25) is 0 Å². The smallest absolute Gasteiger partial charge is 0.0434 e. The third-order valence-corrected chi connectivity index (χ3v) is 2.08. The van der Waals surface area contributed by atoms with Crippen molar-refractivity contribution >= 4 is 5.69 Å². The summed E-state index contributed by atoms with van der Waals surface area (Å²) < 4.78 is 0. The van der Waals surface area contributed by atoms with E-state index in [1.807, 2.05) is 14.1 Å². The van der Waals surface area contributed by atoms with E-state index in [1.165, 1.54) is 11.3 Å². The van der Waals surface area contributed by atoms with Crippen molar-refractivity contribution in [2.24, 2.45) is 0 Å². The topological polar surface area (TPSA) is 23.5 Å². The highest BCUT2D eigenvalue weighted by molar-refractivity contribution is 5.45. The van der Waals surface area contributed by atoms with Gasteiger partial charge >= 0.3 is 0 Å². The Morgan fingerprint density at radius 1 is 1.15 bits per heavy atom. The fraction of sp³-hybridized carbons (Fsp3) is 0.455. The summed E-state index contributed by atoms with van der Waals surface area (Å²) in [6, 6.07) is 8.44. The maximum atomic E-state index is 8.66. The Morgan fingerprint density at radius 2 is 1.77 bits per heavy atom. The van der Waals surface area contributed by atoms with Gasteiger partial charge in [-0.1, -0.05) is 12.1 Å². The first-order valence-corrected chi connectivity index (χ1v) is 4.61. The highest BCUT2D eigenvalue weighted by atomic mass is 16.2. The van der Waals surface area contributed by atoms with Gasteiger partial charge in [0, 0.05) is 26.4 Å². The number of aryl methyl sites for hydroxylation is 1. The lowest BCUT2D eigenvalue weighted by atomic mass is 10.1. The zero-order valence-corrected chi connectivity index (χ0v) is 8.33. The molecule has 1 rings (SSSR count). The van der Waals surface area contributed by atoms with Gasteiger partial charge in [-0.05, 0) is 30.5 Å². The molecule has 1 aromatic rings. The minimum Gasteiger partial charge on any atom is -0.396 e. The van der Waals surface area contributed by atoms with Crippen LogP contribution in [-0.2, 0) is 6.42 Å². The standard InChI is InChI=1S/C11H17NO/c1-12(2)11-7-5-10(6-8-11)4-3-9-13/h5-8,13H,3-4,9H2,1-2H3. The van der Waals surface area contributed by atoms with Crippen LogP contribution in [0.4, 0.5) is 5.69 Å². The van der Waals surface area contributed by atoms with E-state index < -0.39 is 0 Å². The normalized spacial score (nSPS) is 10.1. The summed E-state index contributed by atoms with van der Waals surface area (Å²) in [6.45, 7) is 0.273. The lowest BCUT2D eigenvalue weighted by Crippen LogP contribution is -2.08. The Kier molecular flexibility index (Phi) is 3.77. The fourth-order valence-corrected chi connectivity index (χ4v) is 1.24. The van der Waals surface area contributed by atoms with Crippen LogP contribution in [0, 0.1) is 0 Å². The number of hydrogen-bond donors (Lipinski definition) is 1. The summed E-state index contributed by atoms with van der Waals surface area (Å²) in [5.41, 5.74) is 2.51. The molecule has 0 saturated carbocycles. The molecule has 0 saturated heterocycles. The van der Waals surface area contributed by atoms with E-state index >= 15 is 0 Å². The molecule has 0 heterocycles. The zero-order chi connectivity index (χ0) is 9.68. The second-order valence-corrected chi connectivity index (χ2v) is 3.39. The monoisotopic (exact) mass is 179 g/mol. The molecule has 0 aliphatic rings. The van der Waals surface area contributed by atoms with Crippen molar-refractivity contribution < 1.29 is 5.11 Å². The molecular weight excluding hydrogens is 162 g/mol. The lowest BCUT2D eigenvalue weighted by molar-refractivity contribution is 0.288. The van der Waals surface area contributed by atoms with E-state index in [9.17, 15) is 0 Å². The average Bonchev–Trinajstić information content (AvgIpc) is 2.15. The van der Waals surface area contributed by atoms with Crippen LogP contribution in [0.15, 0.2) is 24.3 Å². The molecule has 0 spiro atoms. The van der Waals surface area contributed by atoms with Crippen molar-refractivity contribution in [1.29, 1.82) is 0 Å². The highest BCUT2D eigenvalue weighted by Crippen LogP contribution is 2.12. The molecular formula is C11H17NO. The van der Waals surface area contributed by atoms with Gasteiger partial charge in [-0.3, -0.25) is 0 Å². The Labute approximate surface area is 79.8 Å². The van der Waals surface area contributed by atoms with Crippen LogP contribution in [0.1, 0.15) is 12.0 Å². The molecule has 0 amide bonds. The number of hydrogen-bond acceptors (Lipinski definition) is 2. The van der Waals surface area contributed by atoms with Gasteiger partial charge < -0.3 is 10.0 Å². The van der Waals surface area contributed by atoms with Gasteiger partial charge in [0.1, 0.15) is 0 Å². The van der Waals surface area contributed by atoms with Crippen LogP contribution >= 0.6 is 0 Å². The van der Waals surface area contributed by atoms with Crippen LogP contribution in [0.3, 0.4) is 0 Å². The summed E-state index contributed by atoms with van der Waals surface area (Å²) in [4.78, 5) is 2.08. The van der Waals surface area contributed by atoms with Crippen molar-refractivity contribution in [2.75, 3.05) is 25.6 Å². The van der Waals surface area contributed by atoms with Gasteiger partial charge in [-0.25, -0.2) is 0 Å². The van der Waals surface area contributed by atoms with Gasteiger partial charge in [0.05, 0.1) is 0 Å². The largest absolute Gasteiger partial charge is 0.396 e. The van der Waals surface area contributed by atoms with Crippen LogP contribution in [-0.4, -0.2) is 25.8 Å². The summed E-state index contributed by atoms with van der Waals surface area (Å²) in [5, 5.41) is 8.66. The van der Waals surface area contributed by atoms with E-state index in [2.05, 4.69) is 29.2 Å². The Balaban J connectivity index is 2.59. The van der Waals surface area contributed by atoms with Gasteiger partial charge in [0.2, 0.25) is 0 Å². The summed E-state index contributed by atoms with van der Waals surface area (Å²) in [5.74, 6) is 0. The first-order valence-electron chi connectivity index (χ1n) is 4.61. The zero-order valence-electron chi connectivity index (χ0n) is 8.33. The molecule has 1 N–H and O–H groups in total. The molecule has 0 atom stereocenters. The van der Waals surface area contributed by atoms with Gasteiger partial charge in [0.15, 0.2) is 0 Å². The SMILES string of the molecule is CN(C)c1ccc(CCCO)cc1. The number of nitrogens with zero attached hydrogens (tertiary/aromatic N) is 1. The molecule has 0 fully saturated rings.